The first kappa shape index (κ1) is 18.8. The average molecular weight is 437 g/mol. The van der Waals surface area contributed by atoms with E-state index >= 15 is 0 Å². The van der Waals surface area contributed by atoms with Crippen molar-refractivity contribution in [3.63, 3.8) is 0 Å². The Morgan fingerprint density at radius 2 is 1.29 bits per heavy atom. The molecule has 0 atom stereocenters. The van der Waals surface area contributed by atoms with E-state index in [4.69, 9.17) is 14.2 Å². The molecule has 1 aliphatic heterocycles. The maximum atomic E-state index is 6.49. The summed E-state index contributed by atoms with van der Waals surface area (Å²) >= 11 is 0.150. The van der Waals surface area contributed by atoms with E-state index in [0.29, 0.717) is 6.61 Å². The molecule has 1 heterocycles. The first-order valence-electron chi connectivity index (χ1n) is 9.13. The molecule has 3 aromatic carbocycles. The minimum absolute atomic E-state index is 0.150. The normalized spacial score (nSPS) is 15.1. The Labute approximate surface area is 172 Å². The van der Waals surface area contributed by atoms with Crippen molar-refractivity contribution in [2.24, 2.45) is 0 Å². The second kappa shape index (κ2) is 8.24. The number of benzene rings is 3. The molecule has 3 aromatic rings. The molecule has 0 N–H and O–H groups in total. The molecule has 0 bridgehead atoms. The summed E-state index contributed by atoms with van der Waals surface area (Å²) in [6.45, 7) is 0.599. The van der Waals surface area contributed by atoms with Crippen LogP contribution in [0.1, 0.15) is 11.1 Å². The molecule has 0 aliphatic carbocycles. The Morgan fingerprint density at radius 1 is 0.750 bits per heavy atom. The third-order valence-electron chi connectivity index (χ3n) is 4.88. The predicted molar refractivity (Wildman–Crippen MR) is 113 cm³/mol. The van der Waals surface area contributed by atoms with E-state index in [9.17, 15) is 0 Å². The van der Waals surface area contributed by atoms with Gasteiger partial charge in [0.15, 0.2) is 0 Å². The Bertz CT molecular complexity index is 900. The van der Waals surface area contributed by atoms with Gasteiger partial charge in [0.1, 0.15) is 0 Å². The van der Waals surface area contributed by atoms with E-state index in [0.717, 1.165) is 22.6 Å². The van der Waals surface area contributed by atoms with E-state index in [1.54, 1.807) is 14.2 Å². The van der Waals surface area contributed by atoms with Crippen LogP contribution in [0.25, 0.3) is 0 Å². The van der Waals surface area contributed by atoms with Crippen molar-refractivity contribution in [1.82, 2.24) is 0 Å². The van der Waals surface area contributed by atoms with Gasteiger partial charge in [-0.3, -0.25) is 0 Å². The van der Waals surface area contributed by atoms with Gasteiger partial charge in [-0.25, -0.2) is 0 Å². The topological polar surface area (TPSA) is 27.7 Å². The first-order chi connectivity index (χ1) is 13.8. The second-order valence-electron chi connectivity index (χ2n) is 6.43. The molecular formula is C24H22O3Se. The SMILES string of the molecule is COc1ccc(C2(c3ccc(OC)cc3)OCC=C2[Se]c2ccccc2)cc1. The Balaban J connectivity index is 1.81. The molecule has 0 amide bonds. The van der Waals surface area contributed by atoms with Crippen LogP contribution >= 0.6 is 0 Å². The average Bonchev–Trinajstić information content (AvgIpc) is 3.19. The first-order valence-corrected chi connectivity index (χ1v) is 10.8. The van der Waals surface area contributed by atoms with Gasteiger partial charge in [0, 0.05) is 0 Å². The summed E-state index contributed by atoms with van der Waals surface area (Å²) in [5.41, 5.74) is 1.63. The zero-order valence-corrected chi connectivity index (χ0v) is 17.6. The summed E-state index contributed by atoms with van der Waals surface area (Å²) in [7, 11) is 3.37. The van der Waals surface area contributed by atoms with Crippen LogP contribution in [-0.4, -0.2) is 35.8 Å². The molecule has 0 saturated heterocycles. The zero-order chi connectivity index (χ0) is 19.4. The van der Waals surface area contributed by atoms with Crippen molar-refractivity contribution in [2.75, 3.05) is 20.8 Å². The number of hydrogen-bond acceptors (Lipinski definition) is 3. The summed E-state index contributed by atoms with van der Waals surface area (Å²) in [4.78, 5) is 0. The standard InChI is InChI=1S/C24H22O3Se/c1-25-20-12-8-18(9-13-20)24(19-10-14-21(26-2)15-11-19)23(16-17-27-24)28-22-6-4-3-5-7-22/h3-16H,17H2,1-2H3. The van der Waals surface area contributed by atoms with Gasteiger partial charge in [-0.2, -0.15) is 0 Å². The fraction of sp³-hybridized carbons (Fsp3) is 0.167. The number of hydrogen-bond donors (Lipinski definition) is 0. The van der Waals surface area contributed by atoms with Gasteiger partial charge in [0.05, 0.1) is 0 Å². The van der Waals surface area contributed by atoms with Crippen molar-refractivity contribution in [3.05, 3.63) is 101 Å². The van der Waals surface area contributed by atoms with Crippen molar-refractivity contribution < 1.29 is 14.2 Å². The molecule has 142 valence electrons. The predicted octanol–water partition coefficient (Wildman–Crippen LogP) is 3.89. The quantitative estimate of drug-likeness (QED) is 0.548. The van der Waals surface area contributed by atoms with Crippen LogP contribution in [0, 0.1) is 0 Å². The van der Waals surface area contributed by atoms with Gasteiger partial charge in [0.2, 0.25) is 0 Å². The van der Waals surface area contributed by atoms with Crippen LogP contribution in [-0.2, 0) is 10.3 Å². The van der Waals surface area contributed by atoms with Crippen LogP contribution in [0.2, 0.25) is 0 Å². The molecule has 0 aromatic heterocycles. The molecule has 0 fully saturated rings. The summed E-state index contributed by atoms with van der Waals surface area (Å²) < 4.78 is 19.8. The van der Waals surface area contributed by atoms with E-state index < -0.39 is 5.60 Å². The molecule has 0 saturated carbocycles. The molecule has 1 aliphatic rings. The number of ether oxygens (including phenoxy) is 3. The minimum atomic E-state index is -0.589. The third-order valence-corrected chi connectivity index (χ3v) is 7.36. The van der Waals surface area contributed by atoms with Gasteiger partial charge in [-0.05, 0) is 0 Å². The van der Waals surface area contributed by atoms with Gasteiger partial charge < -0.3 is 0 Å². The van der Waals surface area contributed by atoms with Crippen LogP contribution in [0.5, 0.6) is 11.5 Å². The van der Waals surface area contributed by atoms with Crippen LogP contribution in [0.4, 0.5) is 0 Å². The summed E-state index contributed by atoms with van der Waals surface area (Å²) in [5.74, 6) is 1.68. The van der Waals surface area contributed by atoms with Gasteiger partial charge in [0.25, 0.3) is 0 Å². The third kappa shape index (κ3) is 3.47. The Morgan fingerprint density at radius 3 is 1.79 bits per heavy atom. The van der Waals surface area contributed by atoms with E-state index in [-0.39, 0.29) is 15.0 Å². The molecule has 0 unspecified atom stereocenters. The Hall–Kier alpha value is -2.52. The van der Waals surface area contributed by atoms with Gasteiger partial charge in [-0.1, -0.05) is 0 Å². The van der Waals surface area contributed by atoms with E-state index in [1.165, 1.54) is 8.93 Å². The van der Waals surface area contributed by atoms with Crippen molar-refractivity contribution in [1.29, 1.82) is 0 Å². The summed E-state index contributed by atoms with van der Waals surface area (Å²) in [6, 6.07) is 27.0. The monoisotopic (exact) mass is 438 g/mol. The van der Waals surface area contributed by atoms with Crippen molar-refractivity contribution in [2.45, 2.75) is 5.60 Å². The molecule has 0 spiro atoms. The number of methoxy groups -OCH3 is 2. The molecule has 4 heteroatoms. The van der Waals surface area contributed by atoms with Crippen molar-refractivity contribution >= 4 is 19.4 Å². The van der Waals surface area contributed by atoms with Crippen LogP contribution in [0.15, 0.2) is 89.4 Å². The maximum absolute atomic E-state index is 6.49. The van der Waals surface area contributed by atoms with E-state index in [1.807, 2.05) is 24.3 Å². The summed E-state index contributed by atoms with van der Waals surface area (Å²) in [6.07, 6.45) is 2.24. The van der Waals surface area contributed by atoms with Crippen molar-refractivity contribution in [3.8, 4) is 11.5 Å². The molecular weight excluding hydrogens is 415 g/mol. The molecule has 3 nitrogen and oxygen atoms in total. The Kier molecular flexibility index (Phi) is 5.54. The van der Waals surface area contributed by atoms with Crippen LogP contribution < -0.4 is 13.9 Å². The fourth-order valence-electron chi connectivity index (χ4n) is 3.46. The van der Waals surface area contributed by atoms with Crippen LogP contribution in [0.3, 0.4) is 0 Å². The second-order valence-corrected chi connectivity index (χ2v) is 8.77. The van der Waals surface area contributed by atoms with E-state index in [2.05, 4.69) is 60.7 Å². The summed E-state index contributed by atoms with van der Waals surface area (Å²) in [5, 5.41) is 0. The molecule has 0 radical (unpaired) electrons. The fourth-order valence-corrected chi connectivity index (χ4v) is 5.84. The number of rotatable bonds is 6. The molecule has 28 heavy (non-hydrogen) atoms. The van der Waals surface area contributed by atoms with Gasteiger partial charge in [-0.15, -0.1) is 0 Å². The zero-order valence-electron chi connectivity index (χ0n) is 15.9. The van der Waals surface area contributed by atoms with Gasteiger partial charge >= 0.3 is 172 Å². The molecule has 4 rings (SSSR count).